The van der Waals surface area contributed by atoms with Crippen molar-refractivity contribution in [3.05, 3.63) is 42.2 Å². The first kappa shape index (κ1) is 13.8. The van der Waals surface area contributed by atoms with Crippen LogP contribution in [0.25, 0.3) is 0 Å². The van der Waals surface area contributed by atoms with E-state index in [0.717, 1.165) is 0 Å². The third kappa shape index (κ3) is 2.35. The molecule has 2 aromatic heterocycles. The SMILES string of the molecule is Cl.NC(=O)C(c1c[nH]cn1)n1cccc1C(=O)O. The molecule has 1 amide bonds. The van der Waals surface area contributed by atoms with Gasteiger partial charge in [-0.05, 0) is 12.1 Å². The maximum atomic E-state index is 11.4. The molecule has 1 atom stereocenters. The molecule has 8 heteroatoms. The number of carbonyl (C=O) groups excluding carboxylic acids is 1. The molecule has 18 heavy (non-hydrogen) atoms. The zero-order valence-electron chi connectivity index (χ0n) is 9.11. The average Bonchev–Trinajstić information content (AvgIpc) is 2.87. The smallest absolute Gasteiger partial charge is 0.352 e. The second-order valence-corrected chi connectivity index (χ2v) is 3.40. The number of H-pyrrole nitrogens is 1. The number of nitrogens with two attached hydrogens (primary N) is 1. The zero-order chi connectivity index (χ0) is 12.4. The van der Waals surface area contributed by atoms with Crippen molar-refractivity contribution in [1.29, 1.82) is 0 Å². The summed E-state index contributed by atoms with van der Waals surface area (Å²) in [6.07, 6.45) is 4.38. The zero-order valence-corrected chi connectivity index (χ0v) is 9.92. The van der Waals surface area contributed by atoms with Gasteiger partial charge in [-0.2, -0.15) is 0 Å². The maximum Gasteiger partial charge on any atom is 0.352 e. The summed E-state index contributed by atoms with van der Waals surface area (Å²) < 4.78 is 1.28. The van der Waals surface area contributed by atoms with Crippen molar-refractivity contribution >= 4 is 24.3 Å². The molecule has 96 valence electrons. The normalized spacial score (nSPS) is 11.6. The van der Waals surface area contributed by atoms with Crippen molar-refractivity contribution in [2.45, 2.75) is 6.04 Å². The van der Waals surface area contributed by atoms with Gasteiger partial charge in [-0.15, -0.1) is 12.4 Å². The first-order chi connectivity index (χ1) is 8.11. The number of carboxylic acids is 1. The number of primary amides is 1. The van der Waals surface area contributed by atoms with Gasteiger partial charge < -0.3 is 20.4 Å². The van der Waals surface area contributed by atoms with Crippen LogP contribution in [0.2, 0.25) is 0 Å². The minimum Gasteiger partial charge on any atom is -0.477 e. The number of aromatic nitrogens is 3. The van der Waals surface area contributed by atoms with E-state index in [1.165, 1.54) is 35.4 Å². The van der Waals surface area contributed by atoms with Crippen LogP contribution >= 0.6 is 12.4 Å². The van der Waals surface area contributed by atoms with E-state index in [4.69, 9.17) is 10.8 Å². The molecule has 1 unspecified atom stereocenters. The molecular weight excluding hydrogens is 260 g/mol. The molecule has 2 heterocycles. The lowest BCUT2D eigenvalue weighted by atomic mass is 10.2. The van der Waals surface area contributed by atoms with Gasteiger partial charge in [0.2, 0.25) is 5.91 Å². The van der Waals surface area contributed by atoms with Crippen molar-refractivity contribution in [3.8, 4) is 0 Å². The number of nitrogens with one attached hydrogen (secondary N) is 1. The third-order valence-electron chi connectivity index (χ3n) is 2.35. The van der Waals surface area contributed by atoms with Gasteiger partial charge in [0.25, 0.3) is 0 Å². The van der Waals surface area contributed by atoms with E-state index in [-0.39, 0.29) is 18.1 Å². The fourth-order valence-electron chi connectivity index (χ4n) is 1.65. The van der Waals surface area contributed by atoms with E-state index in [0.29, 0.717) is 5.69 Å². The highest BCUT2D eigenvalue weighted by atomic mass is 35.5. The Labute approximate surface area is 108 Å². The molecule has 0 aliphatic heterocycles. The van der Waals surface area contributed by atoms with Crippen LogP contribution in [0.3, 0.4) is 0 Å². The molecule has 0 aliphatic rings. The molecule has 0 spiro atoms. The largest absolute Gasteiger partial charge is 0.477 e. The Morgan fingerprint density at radius 2 is 2.22 bits per heavy atom. The van der Waals surface area contributed by atoms with Gasteiger partial charge in [0.05, 0.1) is 12.0 Å². The topological polar surface area (TPSA) is 114 Å². The minimum atomic E-state index is -1.13. The second-order valence-electron chi connectivity index (χ2n) is 3.40. The fraction of sp³-hybridized carbons (Fsp3) is 0.100. The van der Waals surface area contributed by atoms with Crippen LogP contribution in [-0.4, -0.2) is 31.5 Å². The van der Waals surface area contributed by atoms with E-state index < -0.39 is 17.9 Å². The summed E-state index contributed by atoms with van der Waals surface area (Å²) in [6.45, 7) is 0. The Balaban J connectivity index is 0.00000162. The highest BCUT2D eigenvalue weighted by molar-refractivity contribution is 5.88. The van der Waals surface area contributed by atoms with E-state index >= 15 is 0 Å². The summed E-state index contributed by atoms with van der Waals surface area (Å²) in [4.78, 5) is 29.0. The summed E-state index contributed by atoms with van der Waals surface area (Å²) in [5.41, 5.74) is 5.64. The Morgan fingerprint density at radius 1 is 1.50 bits per heavy atom. The average molecular weight is 271 g/mol. The molecule has 0 bridgehead atoms. The van der Waals surface area contributed by atoms with Gasteiger partial charge in [0, 0.05) is 12.4 Å². The highest BCUT2D eigenvalue weighted by Crippen LogP contribution is 2.18. The molecule has 4 N–H and O–H groups in total. The van der Waals surface area contributed by atoms with Gasteiger partial charge in [0.15, 0.2) is 6.04 Å². The van der Waals surface area contributed by atoms with Gasteiger partial charge in [-0.25, -0.2) is 9.78 Å². The van der Waals surface area contributed by atoms with Crippen molar-refractivity contribution in [2.75, 3.05) is 0 Å². The Bertz CT molecular complexity index is 549. The van der Waals surface area contributed by atoms with Crippen LogP contribution in [0.5, 0.6) is 0 Å². The van der Waals surface area contributed by atoms with Crippen molar-refractivity contribution in [3.63, 3.8) is 0 Å². The van der Waals surface area contributed by atoms with Crippen LogP contribution in [0, 0.1) is 0 Å². The van der Waals surface area contributed by atoms with Gasteiger partial charge >= 0.3 is 5.97 Å². The first-order valence-corrected chi connectivity index (χ1v) is 4.79. The number of imidazole rings is 1. The predicted molar refractivity (Wildman–Crippen MR) is 64.6 cm³/mol. The standard InChI is InChI=1S/C10H10N4O3.ClH/c11-9(15)8(6-4-12-5-13-6)14-3-1-2-7(14)10(16)17;/h1-5,8H,(H2,11,15)(H,12,13)(H,16,17);1H. The Morgan fingerprint density at radius 3 is 2.72 bits per heavy atom. The quantitative estimate of drug-likeness (QED) is 0.746. The van der Waals surface area contributed by atoms with Crippen LogP contribution in [0.1, 0.15) is 22.2 Å². The number of aromatic amines is 1. The molecule has 0 radical (unpaired) electrons. The molecule has 2 rings (SSSR count). The van der Waals surface area contributed by atoms with Gasteiger partial charge in [0.1, 0.15) is 5.69 Å². The van der Waals surface area contributed by atoms with Gasteiger partial charge in [-0.3, -0.25) is 4.79 Å². The van der Waals surface area contributed by atoms with Crippen molar-refractivity contribution in [2.24, 2.45) is 5.73 Å². The van der Waals surface area contributed by atoms with Crippen molar-refractivity contribution < 1.29 is 14.7 Å². The van der Waals surface area contributed by atoms with E-state index in [1.54, 1.807) is 0 Å². The molecule has 0 aliphatic carbocycles. The minimum absolute atomic E-state index is 0. The lowest BCUT2D eigenvalue weighted by Crippen LogP contribution is -2.29. The lowest BCUT2D eigenvalue weighted by molar-refractivity contribution is -0.120. The van der Waals surface area contributed by atoms with Crippen LogP contribution in [0.15, 0.2) is 30.9 Å². The predicted octanol–water partition coefficient (Wildman–Crippen LogP) is 0.406. The number of halogens is 1. The summed E-state index contributed by atoms with van der Waals surface area (Å²) in [6, 6.07) is 2.00. The second kappa shape index (κ2) is 5.37. The van der Waals surface area contributed by atoms with E-state index in [9.17, 15) is 9.59 Å². The molecule has 7 nitrogen and oxygen atoms in total. The molecule has 0 saturated carbocycles. The molecular formula is C10H11ClN4O3. The maximum absolute atomic E-state index is 11.4. The summed E-state index contributed by atoms with van der Waals surface area (Å²) in [5.74, 6) is -1.80. The van der Waals surface area contributed by atoms with Crippen LogP contribution in [-0.2, 0) is 4.79 Å². The summed E-state index contributed by atoms with van der Waals surface area (Å²) >= 11 is 0. The summed E-state index contributed by atoms with van der Waals surface area (Å²) in [7, 11) is 0. The number of amides is 1. The van der Waals surface area contributed by atoms with E-state index in [2.05, 4.69) is 9.97 Å². The lowest BCUT2D eigenvalue weighted by Gasteiger charge is -2.14. The highest BCUT2D eigenvalue weighted by Gasteiger charge is 2.25. The molecule has 0 fully saturated rings. The van der Waals surface area contributed by atoms with Crippen LogP contribution in [0.4, 0.5) is 0 Å². The van der Waals surface area contributed by atoms with E-state index in [1.807, 2.05) is 0 Å². The van der Waals surface area contributed by atoms with Crippen LogP contribution < -0.4 is 5.73 Å². The Hall–Kier alpha value is -2.28. The fourth-order valence-corrected chi connectivity index (χ4v) is 1.65. The van der Waals surface area contributed by atoms with Gasteiger partial charge in [-0.1, -0.05) is 0 Å². The number of carboxylic acid groups (broad SMARTS) is 1. The molecule has 2 aromatic rings. The first-order valence-electron chi connectivity index (χ1n) is 4.79. The molecule has 0 saturated heterocycles. The number of hydrogen-bond donors (Lipinski definition) is 3. The third-order valence-corrected chi connectivity index (χ3v) is 2.35. The number of rotatable bonds is 4. The Kier molecular flexibility index (Phi) is 4.11. The monoisotopic (exact) mass is 270 g/mol. The number of hydrogen-bond acceptors (Lipinski definition) is 3. The number of aromatic carboxylic acids is 1. The summed E-state index contributed by atoms with van der Waals surface area (Å²) in [5, 5.41) is 8.98. The number of carbonyl (C=O) groups is 2. The number of nitrogens with zero attached hydrogens (tertiary/aromatic N) is 2. The molecule has 0 aromatic carbocycles. The van der Waals surface area contributed by atoms with Crippen molar-refractivity contribution in [1.82, 2.24) is 14.5 Å².